The van der Waals surface area contributed by atoms with Crippen LogP contribution < -0.4 is 5.32 Å². The highest BCUT2D eigenvalue weighted by Crippen LogP contribution is 2.26. The van der Waals surface area contributed by atoms with Crippen molar-refractivity contribution in [2.45, 2.75) is 38.1 Å². The van der Waals surface area contributed by atoms with Crippen molar-refractivity contribution in [3.05, 3.63) is 0 Å². The highest BCUT2D eigenvalue weighted by atomic mass is 16.6. The van der Waals surface area contributed by atoms with Crippen LogP contribution in [-0.2, 0) is 23.7 Å². The van der Waals surface area contributed by atoms with Gasteiger partial charge in [0.15, 0.2) is 0 Å². The lowest BCUT2D eigenvalue weighted by Gasteiger charge is -2.26. The molecule has 0 aromatic rings. The Labute approximate surface area is 127 Å². The number of hydrogen-bond acceptors (Lipinski definition) is 6. The maximum absolute atomic E-state index is 12.2. The van der Waals surface area contributed by atoms with Crippen molar-refractivity contribution in [1.29, 1.82) is 0 Å². The molecule has 1 aliphatic heterocycles. The third-order valence-corrected chi connectivity index (χ3v) is 3.58. The Kier molecular flexibility index (Phi) is 9.58. The van der Waals surface area contributed by atoms with Crippen molar-refractivity contribution in [1.82, 2.24) is 5.32 Å². The van der Waals surface area contributed by atoms with Gasteiger partial charge in [-0.25, -0.2) is 0 Å². The molecule has 21 heavy (non-hydrogen) atoms. The maximum Gasteiger partial charge on any atom is 0.326 e. The van der Waals surface area contributed by atoms with Crippen LogP contribution in [0.2, 0.25) is 0 Å². The predicted molar refractivity (Wildman–Crippen MR) is 79.3 cm³/mol. The van der Waals surface area contributed by atoms with Gasteiger partial charge in [-0.05, 0) is 25.8 Å². The summed E-state index contributed by atoms with van der Waals surface area (Å²) in [7, 11) is 1.64. The summed E-state index contributed by atoms with van der Waals surface area (Å²) in [6.07, 6.45) is 3.70. The minimum Gasteiger partial charge on any atom is -0.462 e. The molecule has 1 saturated heterocycles. The second kappa shape index (κ2) is 11.0. The lowest BCUT2D eigenvalue weighted by atomic mass is 9.92. The second-order valence-corrected chi connectivity index (χ2v) is 5.22. The number of rotatable bonds is 12. The lowest BCUT2D eigenvalue weighted by Crippen LogP contribution is -2.48. The first-order valence-corrected chi connectivity index (χ1v) is 7.82. The summed E-state index contributed by atoms with van der Waals surface area (Å²) < 4.78 is 20.8. The van der Waals surface area contributed by atoms with Crippen LogP contribution >= 0.6 is 0 Å². The molecule has 1 aliphatic rings. The molecular weight excluding hydrogens is 274 g/mol. The molecule has 1 unspecified atom stereocenters. The van der Waals surface area contributed by atoms with E-state index in [2.05, 4.69) is 12.2 Å². The molecule has 6 heteroatoms. The first-order valence-electron chi connectivity index (χ1n) is 7.82. The van der Waals surface area contributed by atoms with Crippen LogP contribution in [0.25, 0.3) is 0 Å². The molecule has 1 rings (SSSR count). The molecule has 0 aliphatic carbocycles. The summed E-state index contributed by atoms with van der Waals surface area (Å²) >= 11 is 0. The van der Waals surface area contributed by atoms with Crippen LogP contribution in [-0.4, -0.2) is 64.8 Å². The molecule has 1 atom stereocenters. The van der Waals surface area contributed by atoms with E-state index < -0.39 is 5.54 Å². The summed E-state index contributed by atoms with van der Waals surface area (Å²) in [6.45, 7) is 5.86. The van der Waals surface area contributed by atoms with E-state index in [1.54, 1.807) is 7.11 Å². The number of nitrogens with one attached hydrogen (secondary N) is 1. The van der Waals surface area contributed by atoms with Gasteiger partial charge in [0.05, 0.1) is 33.0 Å². The first-order chi connectivity index (χ1) is 10.2. The molecular formula is C15H29NO5. The van der Waals surface area contributed by atoms with Crippen molar-refractivity contribution in [3.63, 3.8) is 0 Å². The predicted octanol–water partition coefficient (Wildman–Crippen LogP) is 1.13. The van der Waals surface area contributed by atoms with Gasteiger partial charge in [-0.2, -0.15) is 0 Å². The molecule has 6 nitrogen and oxygen atoms in total. The first kappa shape index (κ1) is 18.4. The van der Waals surface area contributed by atoms with Crippen molar-refractivity contribution in [2.75, 3.05) is 53.3 Å². The number of esters is 1. The van der Waals surface area contributed by atoms with Crippen molar-refractivity contribution >= 4 is 5.97 Å². The SMILES string of the molecule is CCCC1(C(=O)OCCOCCOCCOC)CCCN1. The Morgan fingerprint density at radius 3 is 2.33 bits per heavy atom. The molecule has 0 saturated carbocycles. The van der Waals surface area contributed by atoms with Crippen molar-refractivity contribution in [3.8, 4) is 0 Å². The second-order valence-electron chi connectivity index (χ2n) is 5.22. The van der Waals surface area contributed by atoms with E-state index in [9.17, 15) is 4.79 Å². The molecule has 1 fully saturated rings. The van der Waals surface area contributed by atoms with Gasteiger partial charge >= 0.3 is 5.97 Å². The van der Waals surface area contributed by atoms with Gasteiger partial charge in [0.25, 0.3) is 0 Å². The van der Waals surface area contributed by atoms with Gasteiger partial charge in [0.1, 0.15) is 12.1 Å². The Balaban J connectivity index is 2.05. The zero-order chi connectivity index (χ0) is 15.4. The van der Waals surface area contributed by atoms with Gasteiger partial charge in [-0.1, -0.05) is 13.3 Å². The quantitative estimate of drug-likeness (QED) is 0.431. The van der Waals surface area contributed by atoms with E-state index in [-0.39, 0.29) is 5.97 Å². The van der Waals surface area contributed by atoms with E-state index in [1.807, 2.05) is 0 Å². The summed E-state index contributed by atoms with van der Waals surface area (Å²) in [6, 6.07) is 0. The zero-order valence-electron chi connectivity index (χ0n) is 13.3. The van der Waals surface area contributed by atoms with E-state index in [0.29, 0.717) is 39.6 Å². The van der Waals surface area contributed by atoms with Crippen LogP contribution in [0.4, 0.5) is 0 Å². The Morgan fingerprint density at radius 1 is 1.10 bits per heavy atom. The van der Waals surface area contributed by atoms with E-state index in [0.717, 1.165) is 32.2 Å². The number of carbonyl (C=O) groups excluding carboxylic acids is 1. The minimum absolute atomic E-state index is 0.137. The van der Waals surface area contributed by atoms with Crippen molar-refractivity contribution < 1.29 is 23.7 Å². The highest BCUT2D eigenvalue weighted by molar-refractivity contribution is 5.81. The fourth-order valence-corrected chi connectivity index (χ4v) is 2.52. The molecule has 0 bridgehead atoms. The molecule has 0 aromatic heterocycles. The Hall–Kier alpha value is -0.690. The third kappa shape index (κ3) is 6.74. The van der Waals surface area contributed by atoms with Crippen LogP contribution in [0.1, 0.15) is 32.6 Å². The fourth-order valence-electron chi connectivity index (χ4n) is 2.52. The van der Waals surface area contributed by atoms with Crippen LogP contribution in [0.3, 0.4) is 0 Å². The smallest absolute Gasteiger partial charge is 0.326 e. The van der Waals surface area contributed by atoms with Gasteiger partial charge in [-0.15, -0.1) is 0 Å². The fraction of sp³-hybridized carbons (Fsp3) is 0.933. The van der Waals surface area contributed by atoms with Crippen LogP contribution in [0, 0.1) is 0 Å². The topological polar surface area (TPSA) is 66.0 Å². The lowest BCUT2D eigenvalue weighted by molar-refractivity contribution is -0.153. The molecule has 0 spiro atoms. The standard InChI is InChI=1S/C15H29NO5/c1-3-5-15(6-4-7-16-15)14(17)21-13-12-20-11-10-19-9-8-18-2/h16H,3-13H2,1-2H3. The Bertz CT molecular complexity index is 279. The molecule has 0 radical (unpaired) electrons. The van der Waals surface area contributed by atoms with Gasteiger partial charge in [0, 0.05) is 7.11 Å². The van der Waals surface area contributed by atoms with Gasteiger partial charge in [-0.3, -0.25) is 4.79 Å². The highest BCUT2D eigenvalue weighted by Gasteiger charge is 2.41. The number of hydrogen-bond donors (Lipinski definition) is 1. The zero-order valence-corrected chi connectivity index (χ0v) is 13.3. The largest absolute Gasteiger partial charge is 0.462 e. The molecule has 1 N–H and O–H groups in total. The maximum atomic E-state index is 12.2. The molecule has 124 valence electrons. The van der Waals surface area contributed by atoms with Gasteiger partial charge < -0.3 is 24.3 Å². The van der Waals surface area contributed by atoms with Crippen LogP contribution in [0.15, 0.2) is 0 Å². The monoisotopic (exact) mass is 303 g/mol. The summed E-state index contributed by atoms with van der Waals surface area (Å²) in [4.78, 5) is 12.2. The molecule has 0 amide bonds. The van der Waals surface area contributed by atoms with E-state index >= 15 is 0 Å². The minimum atomic E-state index is -0.460. The molecule has 1 heterocycles. The summed E-state index contributed by atoms with van der Waals surface area (Å²) in [5.74, 6) is -0.137. The number of ether oxygens (including phenoxy) is 4. The molecule has 0 aromatic carbocycles. The number of methoxy groups -OCH3 is 1. The average Bonchev–Trinajstić information content (AvgIpc) is 2.95. The average molecular weight is 303 g/mol. The summed E-state index contributed by atoms with van der Waals surface area (Å²) in [5.41, 5.74) is -0.460. The van der Waals surface area contributed by atoms with Crippen LogP contribution in [0.5, 0.6) is 0 Å². The number of carbonyl (C=O) groups is 1. The normalized spacial score (nSPS) is 21.6. The van der Waals surface area contributed by atoms with Gasteiger partial charge in [0.2, 0.25) is 0 Å². The summed E-state index contributed by atoms with van der Waals surface area (Å²) in [5, 5.41) is 3.30. The van der Waals surface area contributed by atoms with Crippen molar-refractivity contribution in [2.24, 2.45) is 0 Å². The Morgan fingerprint density at radius 2 is 1.76 bits per heavy atom. The van der Waals surface area contributed by atoms with E-state index in [1.165, 1.54) is 0 Å². The third-order valence-electron chi connectivity index (χ3n) is 3.58. The van der Waals surface area contributed by atoms with E-state index in [4.69, 9.17) is 18.9 Å².